The fraction of sp³-hybridized carbons (Fsp3) is 0.500. The highest BCUT2D eigenvalue weighted by Gasteiger charge is 2.41. The van der Waals surface area contributed by atoms with E-state index in [-0.39, 0.29) is 0 Å². The van der Waals surface area contributed by atoms with Crippen LogP contribution in [0.3, 0.4) is 0 Å². The number of halogens is 1. The number of para-hydroxylation sites is 1. The fourth-order valence-corrected chi connectivity index (χ4v) is 3.09. The summed E-state index contributed by atoms with van der Waals surface area (Å²) in [6.07, 6.45) is 1.29. The molecule has 2 bridgehead atoms. The molecule has 2 heterocycles. The average molecular weight is 223 g/mol. The number of hydrogen-bond acceptors (Lipinski definition) is 2. The smallest absolute Gasteiger partial charge is 0.0639 e. The first-order chi connectivity index (χ1) is 7.25. The van der Waals surface area contributed by atoms with Crippen molar-refractivity contribution in [2.45, 2.75) is 18.5 Å². The Hall–Kier alpha value is -0.730. The van der Waals surface area contributed by atoms with Gasteiger partial charge in [-0.3, -0.25) is 4.90 Å². The zero-order chi connectivity index (χ0) is 10.4. The van der Waals surface area contributed by atoms with E-state index in [1.807, 2.05) is 12.1 Å². The summed E-state index contributed by atoms with van der Waals surface area (Å²) >= 11 is 6.22. The lowest BCUT2D eigenvalue weighted by Gasteiger charge is -2.34. The van der Waals surface area contributed by atoms with Crippen LogP contribution in [0.5, 0.6) is 0 Å². The quantitative estimate of drug-likeness (QED) is 0.719. The molecule has 2 fully saturated rings. The van der Waals surface area contributed by atoms with Gasteiger partial charge >= 0.3 is 0 Å². The van der Waals surface area contributed by atoms with Gasteiger partial charge in [-0.25, -0.2) is 0 Å². The molecule has 2 aliphatic rings. The minimum atomic E-state index is 0.667. The highest BCUT2D eigenvalue weighted by atomic mass is 35.5. The molecule has 3 heteroatoms. The van der Waals surface area contributed by atoms with Gasteiger partial charge in [0.2, 0.25) is 0 Å². The van der Waals surface area contributed by atoms with E-state index >= 15 is 0 Å². The second-order valence-electron chi connectivity index (χ2n) is 4.59. The second-order valence-corrected chi connectivity index (χ2v) is 4.99. The van der Waals surface area contributed by atoms with Gasteiger partial charge in [0.1, 0.15) is 0 Å². The molecule has 1 aromatic rings. The molecule has 2 saturated heterocycles. The topological polar surface area (TPSA) is 6.48 Å². The van der Waals surface area contributed by atoms with Gasteiger partial charge in [-0.1, -0.05) is 23.7 Å². The van der Waals surface area contributed by atoms with Crippen LogP contribution < -0.4 is 4.90 Å². The van der Waals surface area contributed by atoms with E-state index in [9.17, 15) is 0 Å². The number of anilines is 1. The molecular weight excluding hydrogens is 208 g/mol. The lowest BCUT2D eigenvalue weighted by Crippen LogP contribution is -2.44. The van der Waals surface area contributed by atoms with Gasteiger partial charge in [-0.2, -0.15) is 0 Å². The Labute approximate surface area is 95.4 Å². The molecule has 0 radical (unpaired) electrons. The number of hydrogen-bond donors (Lipinski definition) is 0. The molecule has 0 saturated carbocycles. The van der Waals surface area contributed by atoms with Gasteiger partial charge in [-0.15, -0.1) is 0 Å². The minimum Gasteiger partial charge on any atom is -0.364 e. The molecule has 1 aromatic carbocycles. The molecule has 2 unspecified atom stereocenters. The maximum atomic E-state index is 6.22. The van der Waals surface area contributed by atoms with Crippen LogP contribution in [0.25, 0.3) is 0 Å². The number of likely N-dealkylation sites (N-methyl/N-ethyl adjacent to an activating group) is 1. The Kier molecular flexibility index (Phi) is 2.15. The van der Waals surface area contributed by atoms with E-state index in [2.05, 4.69) is 29.0 Å². The zero-order valence-electron chi connectivity index (χ0n) is 8.86. The third kappa shape index (κ3) is 1.44. The van der Waals surface area contributed by atoms with Gasteiger partial charge in [0.25, 0.3) is 0 Å². The van der Waals surface area contributed by atoms with Crippen LogP contribution >= 0.6 is 11.6 Å². The summed E-state index contributed by atoms with van der Waals surface area (Å²) in [6, 6.07) is 9.56. The summed E-state index contributed by atoms with van der Waals surface area (Å²) in [5.74, 6) is 0. The van der Waals surface area contributed by atoms with Crippen molar-refractivity contribution in [2.75, 3.05) is 25.0 Å². The van der Waals surface area contributed by atoms with Crippen LogP contribution in [-0.2, 0) is 0 Å². The van der Waals surface area contributed by atoms with Gasteiger partial charge in [0, 0.05) is 25.2 Å². The van der Waals surface area contributed by atoms with E-state index in [0.29, 0.717) is 6.04 Å². The van der Waals surface area contributed by atoms with Crippen molar-refractivity contribution in [1.82, 2.24) is 4.90 Å². The van der Waals surface area contributed by atoms with Crippen molar-refractivity contribution in [3.8, 4) is 0 Å². The van der Waals surface area contributed by atoms with Crippen molar-refractivity contribution < 1.29 is 0 Å². The molecule has 2 aliphatic heterocycles. The molecule has 3 rings (SSSR count). The molecule has 0 N–H and O–H groups in total. The van der Waals surface area contributed by atoms with E-state index in [1.54, 1.807) is 0 Å². The zero-order valence-corrected chi connectivity index (χ0v) is 9.61. The van der Waals surface area contributed by atoms with Crippen LogP contribution in [0.4, 0.5) is 5.69 Å². The second kappa shape index (κ2) is 3.39. The normalized spacial score (nSPS) is 30.1. The van der Waals surface area contributed by atoms with E-state index in [1.165, 1.54) is 18.7 Å². The number of rotatable bonds is 1. The lowest BCUT2D eigenvalue weighted by atomic mass is 10.2. The molecule has 0 aromatic heterocycles. The Bertz CT molecular complexity index is 378. The predicted octanol–water partition coefficient (Wildman–Crippen LogP) is 2.23. The van der Waals surface area contributed by atoms with Crippen LogP contribution in [0.15, 0.2) is 24.3 Å². The van der Waals surface area contributed by atoms with Gasteiger partial charge in [0.05, 0.1) is 10.7 Å². The van der Waals surface area contributed by atoms with E-state index in [0.717, 1.165) is 17.6 Å². The van der Waals surface area contributed by atoms with Gasteiger partial charge in [-0.05, 0) is 25.6 Å². The maximum Gasteiger partial charge on any atom is 0.0639 e. The standard InChI is InChI=1S/C12H15ClN2/c1-14-7-10-6-9(14)8-15(10)12-5-3-2-4-11(12)13/h2-5,9-10H,6-8H2,1H3. The van der Waals surface area contributed by atoms with Crippen LogP contribution in [0, 0.1) is 0 Å². The minimum absolute atomic E-state index is 0.667. The molecule has 2 nitrogen and oxygen atoms in total. The molecule has 80 valence electrons. The first kappa shape index (κ1) is 9.49. The largest absolute Gasteiger partial charge is 0.364 e. The summed E-state index contributed by atoms with van der Waals surface area (Å²) in [6.45, 7) is 2.31. The molecule has 0 amide bonds. The first-order valence-electron chi connectivity index (χ1n) is 5.47. The number of benzene rings is 1. The van der Waals surface area contributed by atoms with Crippen LogP contribution in [0.1, 0.15) is 6.42 Å². The van der Waals surface area contributed by atoms with E-state index in [4.69, 9.17) is 11.6 Å². The van der Waals surface area contributed by atoms with Crippen molar-refractivity contribution >= 4 is 17.3 Å². The van der Waals surface area contributed by atoms with E-state index < -0.39 is 0 Å². The van der Waals surface area contributed by atoms with Crippen LogP contribution in [-0.4, -0.2) is 37.1 Å². The third-order valence-electron chi connectivity index (χ3n) is 3.68. The number of piperazine rings is 1. The summed E-state index contributed by atoms with van der Waals surface area (Å²) in [7, 11) is 2.22. The monoisotopic (exact) mass is 222 g/mol. The molecule has 15 heavy (non-hydrogen) atoms. The Morgan fingerprint density at radius 3 is 2.60 bits per heavy atom. The summed E-state index contributed by atoms with van der Waals surface area (Å²) in [4.78, 5) is 4.92. The highest BCUT2D eigenvalue weighted by molar-refractivity contribution is 6.33. The SMILES string of the molecule is CN1CC2CC1CN2c1ccccc1Cl. The highest BCUT2D eigenvalue weighted by Crippen LogP contribution is 2.36. The molecule has 2 atom stereocenters. The predicted molar refractivity (Wildman–Crippen MR) is 63.6 cm³/mol. The maximum absolute atomic E-state index is 6.22. The fourth-order valence-electron chi connectivity index (χ4n) is 2.85. The Morgan fingerprint density at radius 2 is 2.00 bits per heavy atom. The number of fused-ring (bicyclic) bond motifs is 2. The third-order valence-corrected chi connectivity index (χ3v) is 4.00. The molecular formula is C12H15ClN2. The lowest BCUT2D eigenvalue weighted by molar-refractivity contribution is 0.292. The summed E-state index contributed by atoms with van der Waals surface area (Å²) < 4.78 is 0. The Balaban J connectivity index is 1.89. The van der Waals surface area contributed by atoms with Gasteiger partial charge < -0.3 is 4.90 Å². The average Bonchev–Trinajstić information content (AvgIpc) is 2.77. The Morgan fingerprint density at radius 1 is 1.20 bits per heavy atom. The summed E-state index contributed by atoms with van der Waals surface area (Å²) in [5, 5.41) is 0.882. The van der Waals surface area contributed by atoms with Crippen molar-refractivity contribution in [3.05, 3.63) is 29.3 Å². The number of nitrogens with zero attached hydrogens (tertiary/aromatic N) is 2. The van der Waals surface area contributed by atoms with Crippen LogP contribution in [0.2, 0.25) is 5.02 Å². The summed E-state index contributed by atoms with van der Waals surface area (Å²) in [5.41, 5.74) is 1.21. The number of likely N-dealkylation sites (tertiary alicyclic amines) is 1. The molecule has 0 spiro atoms. The van der Waals surface area contributed by atoms with Crippen molar-refractivity contribution in [2.24, 2.45) is 0 Å². The van der Waals surface area contributed by atoms with Gasteiger partial charge in [0.15, 0.2) is 0 Å². The van der Waals surface area contributed by atoms with Crippen molar-refractivity contribution in [1.29, 1.82) is 0 Å². The first-order valence-corrected chi connectivity index (χ1v) is 5.85. The van der Waals surface area contributed by atoms with Crippen molar-refractivity contribution in [3.63, 3.8) is 0 Å². The molecule has 0 aliphatic carbocycles.